The van der Waals surface area contributed by atoms with Crippen LogP contribution in [0, 0.1) is 13.8 Å². The zero-order valence-electron chi connectivity index (χ0n) is 18.0. The van der Waals surface area contributed by atoms with Gasteiger partial charge in [0, 0.05) is 11.3 Å². The molecule has 0 unspecified atom stereocenters. The van der Waals surface area contributed by atoms with E-state index in [4.69, 9.17) is 11.6 Å². The molecule has 3 aromatic rings. The zero-order chi connectivity index (χ0) is 24.0. The molecule has 0 spiro atoms. The first-order valence-electron chi connectivity index (χ1n) is 9.93. The average Bonchev–Trinajstić information content (AvgIpc) is 2.78. The Bertz CT molecular complexity index is 1300. The SMILES string of the molecule is Cc1ccc(NCC(=O)NNC(=O)c2cccc(S(=O)(=O)Nc3ccccc3Cl)c2)c(C)c1. The van der Waals surface area contributed by atoms with E-state index in [-0.39, 0.29) is 27.7 Å². The lowest BCUT2D eigenvalue weighted by Gasteiger charge is -2.12. The summed E-state index contributed by atoms with van der Waals surface area (Å²) in [4.78, 5) is 24.4. The van der Waals surface area contributed by atoms with E-state index in [1.165, 1.54) is 30.3 Å². The molecule has 0 aliphatic heterocycles. The van der Waals surface area contributed by atoms with Crippen LogP contribution in [0.25, 0.3) is 0 Å². The highest BCUT2D eigenvalue weighted by Crippen LogP contribution is 2.24. The van der Waals surface area contributed by atoms with E-state index in [0.29, 0.717) is 0 Å². The fourth-order valence-electron chi connectivity index (χ4n) is 2.98. The molecule has 10 heteroatoms. The molecule has 4 N–H and O–H groups in total. The van der Waals surface area contributed by atoms with E-state index >= 15 is 0 Å². The number of amides is 2. The van der Waals surface area contributed by atoms with Crippen LogP contribution in [0.4, 0.5) is 11.4 Å². The predicted molar refractivity (Wildman–Crippen MR) is 129 cm³/mol. The van der Waals surface area contributed by atoms with Crippen LogP contribution < -0.4 is 20.9 Å². The van der Waals surface area contributed by atoms with Crippen LogP contribution in [0.1, 0.15) is 21.5 Å². The molecule has 0 saturated carbocycles. The summed E-state index contributed by atoms with van der Waals surface area (Å²) in [6.07, 6.45) is 0. The Kier molecular flexibility index (Phi) is 7.57. The molecule has 0 bridgehead atoms. The standard InChI is InChI=1S/C23H23ClN4O4S/c1-15-10-11-20(16(2)12-15)25-14-22(29)26-27-23(30)17-6-5-7-18(13-17)33(31,32)28-21-9-4-3-8-19(21)24/h3-13,25,28H,14H2,1-2H3,(H,26,29)(H,27,30). The second-order valence-electron chi connectivity index (χ2n) is 7.29. The molecule has 0 radical (unpaired) electrons. The summed E-state index contributed by atoms with van der Waals surface area (Å²) in [7, 11) is -3.98. The van der Waals surface area contributed by atoms with Crippen LogP contribution in [0.5, 0.6) is 0 Å². The fraction of sp³-hybridized carbons (Fsp3) is 0.130. The molecule has 3 rings (SSSR count). The molecule has 0 atom stereocenters. The minimum Gasteiger partial charge on any atom is -0.376 e. The summed E-state index contributed by atoms with van der Waals surface area (Å²) >= 11 is 6.01. The van der Waals surface area contributed by atoms with E-state index in [2.05, 4.69) is 20.9 Å². The van der Waals surface area contributed by atoms with Crippen molar-refractivity contribution in [1.82, 2.24) is 10.9 Å². The first-order valence-corrected chi connectivity index (χ1v) is 11.8. The van der Waals surface area contributed by atoms with Gasteiger partial charge in [0.05, 0.1) is 22.2 Å². The molecule has 33 heavy (non-hydrogen) atoms. The van der Waals surface area contributed by atoms with Gasteiger partial charge in [-0.2, -0.15) is 0 Å². The third-order valence-corrected chi connectivity index (χ3v) is 6.35. The second kappa shape index (κ2) is 10.4. The summed E-state index contributed by atoms with van der Waals surface area (Å²) in [5.74, 6) is -1.13. The van der Waals surface area contributed by atoms with Crippen molar-refractivity contribution < 1.29 is 18.0 Å². The van der Waals surface area contributed by atoms with Gasteiger partial charge >= 0.3 is 0 Å². The predicted octanol–water partition coefficient (Wildman–Crippen LogP) is 3.63. The molecule has 0 fully saturated rings. The number of carbonyl (C=O) groups excluding carboxylic acids is 2. The van der Waals surface area contributed by atoms with E-state index in [0.717, 1.165) is 16.8 Å². The van der Waals surface area contributed by atoms with Gasteiger partial charge in [0.1, 0.15) is 0 Å². The first kappa shape index (κ1) is 24.1. The first-order chi connectivity index (χ1) is 15.7. The highest BCUT2D eigenvalue weighted by Gasteiger charge is 2.18. The van der Waals surface area contributed by atoms with Gasteiger partial charge in [-0.05, 0) is 55.8 Å². The summed E-state index contributed by atoms with van der Waals surface area (Å²) in [6.45, 7) is 3.85. The zero-order valence-corrected chi connectivity index (χ0v) is 19.5. The van der Waals surface area contributed by atoms with Crippen molar-refractivity contribution in [3.8, 4) is 0 Å². The number of halogens is 1. The summed E-state index contributed by atoms with van der Waals surface area (Å²) < 4.78 is 27.8. The van der Waals surface area contributed by atoms with Crippen molar-refractivity contribution in [2.24, 2.45) is 0 Å². The summed E-state index contributed by atoms with van der Waals surface area (Å²) in [5, 5.41) is 3.24. The number of hydrogen-bond donors (Lipinski definition) is 4. The Morgan fingerprint density at radius 2 is 1.64 bits per heavy atom. The monoisotopic (exact) mass is 486 g/mol. The maximum Gasteiger partial charge on any atom is 0.269 e. The number of nitrogens with one attached hydrogen (secondary N) is 4. The Hall–Kier alpha value is -3.56. The highest BCUT2D eigenvalue weighted by molar-refractivity contribution is 7.92. The van der Waals surface area contributed by atoms with Gasteiger partial charge < -0.3 is 5.32 Å². The van der Waals surface area contributed by atoms with Crippen LogP contribution in [-0.4, -0.2) is 26.8 Å². The van der Waals surface area contributed by atoms with Crippen LogP contribution in [0.15, 0.2) is 71.6 Å². The highest BCUT2D eigenvalue weighted by atomic mass is 35.5. The smallest absolute Gasteiger partial charge is 0.269 e. The number of anilines is 2. The van der Waals surface area contributed by atoms with Crippen LogP contribution >= 0.6 is 11.6 Å². The van der Waals surface area contributed by atoms with E-state index in [9.17, 15) is 18.0 Å². The van der Waals surface area contributed by atoms with Crippen LogP contribution in [0.2, 0.25) is 5.02 Å². The van der Waals surface area contributed by atoms with Crippen molar-refractivity contribution in [2.75, 3.05) is 16.6 Å². The lowest BCUT2D eigenvalue weighted by Crippen LogP contribution is -2.44. The van der Waals surface area contributed by atoms with E-state index in [1.807, 2.05) is 32.0 Å². The Labute approximate surface area is 197 Å². The summed E-state index contributed by atoms with van der Waals surface area (Å²) in [6, 6.07) is 17.6. The number of hydrazine groups is 1. The van der Waals surface area contributed by atoms with Gasteiger partial charge in [0.15, 0.2) is 0 Å². The second-order valence-corrected chi connectivity index (χ2v) is 9.38. The van der Waals surface area contributed by atoms with Gasteiger partial charge in [-0.1, -0.05) is 47.5 Å². The van der Waals surface area contributed by atoms with Gasteiger partial charge in [-0.3, -0.25) is 25.2 Å². The van der Waals surface area contributed by atoms with Crippen molar-refractivity contribution in [3.05, 3.63) is 88.4 Å². The number of carbonyl (C=O) groups is 2. The van der Waals surface area contributed by atoms with Gasteiger partial charge in [0.2, 0.25) is 0 Å². The van der Waals surface area contributed by atoms with Gasteiger partial charge in [0.25, 0.3) is 21.8 Å². The number of aryl methyl sites for hydroxylation is 2. The molecule has 3 aromatic carbocycles. The molecule has 0 heterocycles. The molecule has 0 saturated heterocycles. The minimum atomic E-state index is -3.98. The van der Waals surface area contributed by atoms with Crippen molar-refractivity contribution in [3.63, 3.8) is 0 Å². The molecular formula is C23H23ClN4O4S. The molecule has 0 aromatic heterocycles. The molecule has 0 aliphatic rings. The number of sulfonamides is 1. The third kappa shape index (κ3) is 6.47. The lowest BCUT2D eigenvalue weighted by atomic mass is 10.1. The number of rotatable bonds is 7. The molecular weight excluding hydrogens is 464 g/mol. The largest absolute Gasteiger partial charge is 0.376 e. The average molecular weight is 487 g/mol. The van der Waals surface area contributed by atoms with Crippen LogP contribution in [-0.2, 0) is 14.8 Å². The number of hydrogen-bond acceptors (Lipinski definition) is 5. The normalized spacial score (nSPS) is 10.9. The third-order valence-electron chi connectivity index (χ3n) is 4.66. The Balaban J connectivity index is 1.60. The van der Waals surface area contributed by atoms with Gasteiger partial charge in [-0.15, -0.1) is 0 Å². The molecule has 0 aliphatic carbocycles. The Morgan fingerprint density at radius 3 is 2.36 bits per heavy atom. The molecule has 8 nitrogen and oxygen atoms in total. The van der Waals surface area contributed by atoms with E-state index in [1.54, 1.807) is 18.2 Å². The summed E-state index contributed by atoms with van der Waals surface area (Å²) in [5.41, 5.74) is 7.78. The van der Waals surface area contributed by atoms with Crippen LogP contribution in [0.3, 0.4) is 0 Å². The number of para-hydroxylation sites is 1. The number of benzene rings is 3. The maximum absolute atomic E-state index is 12.7. The fourth-order valence-corrected chi connectivity index (χ4v) is 4.35. The van der Waals surface area contributed by atoms with Gasteiger partial charge in [-0.25, -0.2) is 8.42 Å². The van der Waals surface area contributed by atoms with E-state index < -0.39 is 21.8 Å². The lowest BCUT2D eigenvalue weighted by molar-refractivity contribution is -0.120. The molecule has 2 amide bonds. The van der Waals surface area contributed by atoms with Crippen molar-refractivity contribution >= 4 is 44.8 Å². The quantitative estimate of drug-likeness (QED) is 0.380. The topological polar surface area (TPSA) is 116 Å². The molecule has 172 valence electrons. The Morgan fingerprint density at radius 1 is 0.879 bits per heavy atom. The maximum atomic E-state index is 12.7. The minimum absolute atomic E-state index is 0.0552. The van der Waals surface area contributed by atoms with Crippen molar-refractivity contribution in [1.29, 1.82) is 0 Å². The van der Waals surface area contributed by atoms with Crippen molar-refractivity contribution in [2.45, 2.75) is 18.7 Å².